The summed E-state index contributed by atoms with van der Waals surface area (Å²) in [7, 11) is 0. The molecule has 0 fully saturated rings. The third kappa shape index (κ3) is 3.18. The highest BCUT2D eigenvalue weighted by atomic mass is 79.9. The predicted molar refractivity (Wildman–Crippen MR) is 68.6 cm³/mol. The van der Waals surface area contributed by atoms with Crippen LogP contribution >= 0.6 is 15.9 Å². The zero-order chi connectivity index (χ0) is 12.0. The van der Waals surface area contributed by atoms with Gasteiger partial charge in [-0.3, -0.25) is 4.79 Å². The molecule has 16 heavy (non-hydrogen) atoms. The van der Waals surface area contributed by atoms with Crippen molar-refractivity contribution in [3.8, 4) is 0 Å². The minimum Gasteiger partial charge on any atom is -0.383 e. The lowest BCUT2D eigenvalue weighted by Crippen LogP contribution is -2.24. The van der Waals surface area contributed by atoms with Crippen molar-refractivity contribution >= 4 is 21.6 Å². The highest BCUT2D eigenvalue weighted by molar-refractivity contribution is 9.10. The fourth-order valence-corrected chi connectivity index (χ4v) is 1.61. The number of allylic oxidation sites excluding steroid dienone is 1. The molecule has 0 bridgehead atoms. The van der Waals surface area contributed by atoms with Gasteiger partial charge < -0.3 is 11.1 Å². The van der Waals surface area contributed by atoms with E-state index in [1.165, 1.54) is 4.68 Å². The van der Waals surface area contributed by atoms with Crippen molar-refractivity contribution in [3.05, 3.63) is 33.7 Å². The number of rotatable bonds is 6. The maximum absolute atomic E-state index is 11.8. The normalized spacial score (nSPS) is 10.1. The number of hydrogen-bond acceptors (Lipinski definition) is 4. The van der Waals surface area contributed by atoms with E-state index in [0.717, 1.165) is 13.0 Å². The second-order valence-electron chi connectivity index (χ2n) is 3.22. The topological polar surface area (TPSA) is 72.9 Å². The Bertz CT molecular complexity index is 416. The third-order valence-electron chi connectivity index (χ3n) is 1.98. The van der Waals surface area contributed by atoms with Crippen LogP contribution in [0, 0.1) is 0 Å². The van der Waals surface area contributed by atoms with Crippen molar-refractivity contribution in [1.82, 2.24) is 9.78 Å². The first-order chi connectivity index (χ1) is 7.70. The number of aromatic nitrogens is 2. The van der Waals surface area contributed by atoms with Crippen LogP contribution in [0.3, 0.4) is 0 Å². The average molecular weight is 287 g/mol. The van der Waals surface area contributed by atoms with E-state index in [0.29, 0.717) is 23.2 Å². The maximum Gasteiger partial charge on any atom is 0.283 e. The van der Waals surface area contributed by atoms with Crippen molar-refractivity contribution in [3.63, 3.8) is 0 Å². The van der Waals surface area contributed by atoms with Gasteiger partial charge in [-0.1, -0.05) is 6.08 Å². The smallest absolute Gasteiger partial charge is 0.283 e. The molecule has 0 atom stereocenters. The molecule has 0 amide bonds. The summed E-state index contributed by atoms with van der Waals surface area (Å²) in [4.78, 5) is 11.8. The highest BCUT2D eigenvalue weighted by Crippen LogP contribution is 2.15. The molecule has 0 spiro atoms. The molecule has 1 rings (SSSR count). The summed E-state index contributed by atoms with van der Waals surface area (Å²) in [6.45, 7) is 5.31. The van der Waals surface area contributed by atoms with Crippen LogP contribution in [0.25, 0.3) is 0 Å². The molecule has 5 nitrogen and oxygen atoms in total. The monoisotopic (exact) mass is 286 g/mol. The van der Waals surface area contributed by atoms with E-state index >= 15 is 0 Å². The molecule has 0 radical (unpaired) electrons. The Hall–Kier alpha value is -1.14. The Morgan fingerprint density at radius 1 is 1.69 bits per heavy atom. The van der Waals surface area contributed by atoms with Gasteiger partial charge in [-0.05, 0) is 28.9 Å². The molecular formula is C10H15BrN4O. The molecule has 1 aromatic rings. The van der Waals surface area contributed by atoms with Gasteiger partial charge in [-0.2, -0.15) is 5.10 Å². The average Bonchev–Trinajstić information content (AvgIpc) is 2.28. The molecule has 1 heterocycles. The van der Waals surface area contributed by atoms with E-state index in [-0.39, 0.29) is 5.56 Å². The van der Waals surface area contributed by atoms with Crippen LogP contribution < -0.4 is 16.6 Å². The summed E-state index contributed by atoms with van der Waals surface area (Å²) < 4.78 is 1.83. The van der Waals surface area contributed by atoms with E-state index in [1.54, 1.807) is 12.3 Å². The van der Waals surface area contributed by atoms with Crippen LogP contribution in [0.4, 0.5) is 5.69 Å². The molecule has 0 saturated heterocycles. The standard InChI is InChI=1S/C10H15BrN4O/c1-2-6-15-10(16)9(11)8(7-14-15)13-5-3-4-12/h2,7,13H,1,3-6,12H2. The van der Waals surface area contributed by atoms with E-state index in [4.69, 9.17) is 5.73 Å². The van der Waals surface area contributed by atoms with Gasteiger partial charge in [0.05, 0.1) is 18.4 Å². The first-order valence-electron chi connectivity index (χ1n) is 5.01. The number of nitrogens with one attached hydrogen (secondary N) is 1. The Balaban J connectivity index is 2.85. The first-order valence-corrected chi connectivity index (χ1v) is 5.80. The molecule has 1 aromatic heterocycles. The lowest BCUT2D eigenvalue weighted by molar-refractivity contribution is 0.648. The van der Waals surface area contributed by atoms with Gasteiger partial charge in [0.2, 0.25) is 0 Å². The molecule has 6 heteroatoms. The van der Waals surface area contributed by atoms with Crippen LogP contribution in [0.2, 0.25) is 0 Å². The number of hydrogen-bond donors (Lipinski definition) is 2. The maximum atomic E-state index is 11.8. The Morgan fingerprint density at radius 3 is 3.06 bits per heavy atom. The molecule has 0 aliphatic carbocycles. The van der Waals surface area contributed by atoms with E-state index in [2.05, 4.69) is 32.9 Å². The quantitative estimate of drug-likeness (QED) is 0.603. The summed E-state index contributed by atoms with van der Waals surface area (Å²) in [6, 6.07) is 0. The van der Waals surface area contributed by atoms with Gasteiger partial charge in [0.1, 0.15) is 4.47 Å². The van der Waals surface area contributed by atoms with Crippen molar-refractivity contribution in [2.45, 2.75) is 13.0 Å². The van der Waals surface area contributed by atoms with Crippen molar-refractivity contribution in [2.75, 3.05) is 18.4 Å². The lowest BCUT2D eigenvalue weighted by atomic mass is 10.4. The van der Waals surface area contributed by atoms with E-state index < -0.39 is 0 Å². The van der Waals surface area contributed by atoms with E-state index in [1.807, 2.05) is 0 Å². The van der Waals surface area contributed by atoms with Gasteiger partial charge in [0.15, 0.2) is 0 Å². The molecule has 88 valence electrons. The summed E-state index contributed by atoms with van der Waals surface area (Å²) in [5, 5.41) is 7.11. The highest BCUT2D eigenvalue weighted by Gasteiger charge is 2.06. The van der Waals surface area contributed by atoms with Crippen LogP contribution in [0.5, 0.6) is 0 Å². The Labute approximate surface area is 102 Å². The molecule has 0 aliphatic heterocycles. The van der Waals surface area contributed by atoms with Gasteiger partial charge in [-0.25, -0.2) is 4.68 Å². The SMILES string of the molecule is C=CCn1ncc(NCCCN)c(Br)c1=O. The van der Waals surface area contributed by atoms with Crippen LogP contribution in [0.1, 0.15) is 6.42 Å². The first kappa shape index (κ1) is 12.9. The fraction of sp³-hybridized carbons (Fsp3) is 0.400. The second-order valence-corrected chi connectivity index (χ2v) is 4.01. The molecule has 0 saturated carbocycles. The third-order valence-corrected chi connectivity index (χ3v) is 2.75. The number of nitrogens with two attached hydrogens (primary N) is 1. The zero-order valence-corrected chi connectivity index (χ0v) is 10.5. The van der Waals surface area contributed by atoms with Crippen molar-refractivity contribution in [2.24, 2.45) is 5.73 Å². The number of halogens is 1. The fourth-order valence-electron chi connectivity index (χ4n) is 1.17. The minimum atomic E-state index is -0.169. The largest absolute Gasteiger partial charge is 0.383 e. The van der Waals surface area contributed by atoms with Gasteiger partial charge in [0.25, 0.3) is 5.56 Å². The van der Waals surface area contributed by atoms with E-state index in [9.17, 15) is 4.79 Å². The zero-order valence-electron chi connectivity index (χ0n) is 8.95. The van der Waals surface area contributed by atoms with Crippen molar-refractivity contribution in [1.29, 1.82) is 0 Å². The Morgan fingerprint density at radius 2 is 2.44 bits per heavy atom. The predicted octanol–water partition coefficient (Wildman–Crippen LogP) is 0.952. The molecular weight excluding hydrogens is 272 g/mol. The van der Waals surface area contributed by atoms with Crippen LogP contribution in [0.15, 0.2) is 28.1 Å². The Kier molecular flexibility index (Phi) is 5.21. The van der Waals surface area contributed by atoms with Crippen LogP contribution in [-0.2, 0) is 6.54 Å². The summed E-state index contributed by atoms with van der Waals surface area (Å²) in [5.74, 6) is 0. The minimum absolute atomic E-state index is 0.169. The van der Waals surface area contributed by atoms with Crippen LogP contribution in [-0.4, -0.2) is 22.9 Å². The molecule has 0 aromatic carbocycles. The lowest BCUT2D eigenvalue weighted by Gasteiger charge is -2.08. The summed E-state index contributed by atoms with van der Waals surface area (Å²) in [6.07, 6.45) is 4.09. The number of anilines is 1. The second kappa shape index (κ2) is 6.44. The van der Waals surface area contributed by atoms with Crippen molar-refractivity contribution < 1.29 is 0 Å². The summed E-state index contributed by atoms with van der Waals surface area (Å²) >= 11 is 3.25. The van der Waals surface area contributed by atoms with Gasteiger partial charge in [-0.15, -0.1) is 6.58 Å². The number of nitrogens with zero attached hydrogens (tertiary/aromatic N) is 2. The molecule has 3 N–H and O–H groups in total. The van der Waals surface area contributed by atoms with Gasteiger partial charge >= 0.3 is 0 Å². The molecule has 0 unspecified atom stereocenters. The summed E-state index contributed by atoms with van der Waals surface area (Å²) in [5.41, 5.74) is 5.90. The molecule has 0 aliphatic rings. The van der Waals surface area contributed by atoms with Gasteiger partial charge in [0, 0.05) is 6.54 Å².